The smallest absolute Gasteiger partial charge is 0.372 e. The monoisotopic (exact) mass is 334 g/mol. The first-order chi connectivity index (χ1) is 9.31. The average Bonchev–Trinajstić information content (AvgIpc) is 2.80. The van der Waals surface area contributed by atoms with E-state index in [1.165, 1.54) is 24.3 Å². The molecule has 106 valence electrons. The van der Waals surface area contributed by atoms with Gasteiger partial charge in [-0.05, 0) is 24.3 Å². The molecule has 0 fully saturated rings. The molecule has 0 saturated heterocycles. The van der Waals surface area contributed by atoms with E-state index in [2.05, 4.69) is 0 Å². The van der Waals surface area contributed by atoms with Gasteiger partial charge in [-0.15, -0.1) is 0 Å². The van der Waals surface area contributed by atoms with E-state index in [4.69, 9.17) is 32.7 Å². The number of carbonyl (C=O) groups is 1. The molecule has 1 heterocycles. The second-order valence-corrected chi connectivity index (χ2v) is 6.72. The average molecular weight is 335 g/mol. The van der Waals surface area contributed by atoms with Gasteiger partial charge in [-0.2, -0.15) is 0 Å². The number of hydrogen-bond acceptors (Lipinski definition) is 4. The second-order valence-electron chi connectivity index (χ2n) is 3.92. The zero-order chi connectivity index (χ0) is 14.9. The van der Waals surface area contributed by atoms with Crippen LogP contribution < -0.4 is 0 Å². The number of furan rings is 1. The number of aromatic carboxylic acids is 1. The fraction of sp³-hybridized carbons (Fsp3) is 0.0833. The van der Waals surface area contributed by atoms with E-state index >= 15 is 0 Å². The first-order valence-corrected chi connectivity index (χ1v) is 7.69. The molecule has 5 nitrogen and oxygen atoms in total. The molecule has 0 aliphatic carbocycles. The Bertz CT molecular complexity index is 764. The maximum absolute atomic E-state index is 12.2. The second kappa shape index (κ2) is 5.47. The maximum atomic E-state index is 12.2. The number of hydrogen-bond donors (Lipinski definition) is 1. The van der Waals surface area contributed by atoms with Crippen molar-refractivity contribution < 1.29 is 22.7 Å². The van der Waals surface area contributed by atoms with Crippen LogP contribution in [0.5, 0.6) is 0 Å². The standard InChI is InChI=1S/C12H8Cl2O5S/c13-9-2-1-8(5-10(9)14)20(17,18)6-7-3-4-19-11(7)12(15)16/h1-5H,6H2,(H,15,16). The van der Waals surface area contributed by atoms with E-state index in [-0.39, 0.29) is 20.5 Å². The summed E-state index contributed by atoms with van der Waals surface area (Å²) in [7, 11) is -3.74. The van der Waals surface area contributed by atoms with Crippen LogP contribution in [-0.2, 0) is 15.6 Å². The molecule has 0 radical (unpaired) electrons. The van der Waals surface area contributed by atoms with E-state index in [1.807, 2.05) is 0 Å². The van der Waals surface area contributed by atoms with Crippen molar-refractivity contribution in [3.8, 4) is 0 Å². The summed E-state index contributed by atoms with van der Waals surface area (Å²) in [5.74, 6) is -2.22. The van der Waals surface area contributed by atoms with E-state index < -0.39 is 27.3 Å². The summed E-state index contributed by atoms with van der Waals surface area (Å²) in [5.41, 5.74) is 0.0728. The Morgan fingerprint density at radius 2 is 1.90 bits per heavy atom. The molecule has 0 aliphatic rings. The van der Waals surface area contributed by atoms with Gasteiger partial charge < -0.3 is 9.52 Å². The molecule has 8 heteroatoms. The lowest BCUT2D eigenvalue weighted by Crippen LogP contribution is -2.08. The van der Waals surface area contributed by atoms with Crippen molar-refractivity contribution in [1.82, 2.24) is 0 Å². The minimum atomic E-state index is -3.74. The van der Waals surface area contributed by atoms with Gasteiger partial charge in [0.2, 0.25) is 5.76 Å². The molecular formula is C12H8Cl2O5S. The lowest BCUT2D eigenvalue weighted by molar-refractivity contribution is 0.0661. The van der Waals surface area contributed by atoms with Crippen molar-refractivity contribution in [1.29, 1.82) is 0 Å². The molecule has 0 saturated carbocycles. The predicted molar refractivity (Wildman–Crippen MR) is 73.0 cm³/mol. The molecule has 0 atom stereocenters. The number of sulfone groups is 1. The van der Waals surface area contributed by atoms with E-state index in [0.29, 0.717) is 0 Å². The summed E-state index contributed by atoms with van der Waals surface area (Å²) in [4.78, 5) is 10.8. The molecule has 0 amide bonds. The van der Waals surface area contributed by atoms with E-state index in [0.717, 1.165) is 6.26 Å². The zero-order valence-corrected chi connectivity index (χ0v) is 12.2. The maximum Gasteiger partial charge on any atom is 0.372 e. The Hall–Kier alpha value is -1.50. The van der Waals surface area contributed by atoms with Crippen LogP contribution in [0.15, 0.2) is 39.8 Å². The molecule has 0 unspecified atom stereocenters. The third-order valence-corrected chi connectivity index (χ3v) is 4.94. The highest BCUT2D eigenvalue weighted by atomic mass is 35.5. The van der Waals surface area contributed by atoms with Gasteiger partial charge in [-0.25, -0.2) is 13.2 Å². The molecule has 2 aromatic rings. The molecule has 0 spiro atoms. The van der Waals surface area contributed by atoms with Crippen molar-refractivity contribution in [3.63, 3.8) is 0 Å². The first kappa shape index (κ1) is 14.9. The summed E-state index contributed by atoms with van der Waals surface area (Å²) >= 11 is 11.5. The number of carboxylic acid groups (broad SMARTS) is 1. The lowest BCUT2D eigenvalue weighted by atomic mass is 10.3. The molecule has 1 aromatic heterocycles. The number of rotatable bonds is 4. The van der Waals surface area contributed by atoms with Crippen molar-refractivity contribution in [2.75, 3.05) is 0 Å². The number of carboxylic acids is 1. The summed E-state index contributed by atoms with van der Waals surface area (Å²) < 4.78 is 29.1. The Balaban J connectivity index is 2.38. The molecule has 1 aromatic carbocycles. The van der Waals surface area contributed by atoms with Crippen LogP contribution in [0, 0.1) is 0 Å². The fourth-order valence-electron chi connectivity index (χ4n) is 1.60. The highest BCUT2D eigenvalue weighted by Crippen LogP contribution is 2.27. The van der Waals surface area contributed by atoms with Crippen molar-refractivity contribution in [2.45, 2.75) is 10.6 Å². The van der Waals surface area contributed by atoms with Gasteiger partial charge in [-0.3, -0.25) is 0 Å². The van der Waals surface area contributed by atoms with Crippen LogP contribution in [0.2, 0.25) is 10.0 Å². The molecule has 2 rings (SSSR count). The van der Waals surface area contributed by atoms with Gasteiger partial charge in [0.25, 0.3) is 0 Å². The van der Waals surface area contributed by atoms with Crippen LogP contribution in [0.3, 0.4) is 0 Å². The van der Waals surface area contributed by atoms with Gasteiger partial charge >= 0.3 is 5.97 Å². The lowest BCUT2D eigenvalue weighted by Gasteiger charge is -2.05. The molecule has 0 bridgehead atoms. The predicted octanol–water partition coefficient (Wildman–Crippen LogP) is 3.26. The van der Waals surface area contributed by atoms with Crippen molar-refractivity contribution in [3.05, 3.63) is 51.9 Å². The fourth-order valence-corrected chi connectivity index (χ4v) is 3.33. The highest BCUT2D eigenvalue weighted by Gasteiger charge is 2.22. The van der Waals surface area contributed by atoms with Crippen LogP contribution >= 0.6 is 23.2 Å². The van der Waals surface area contributed by atoms with Gasteiger partial charge in [0.05, 0.1) is 27.0 Å². The molecule has 0 aliphatic heterocycles. The number of benzene rings is 1. The van der Waals surface area contributed by atoms with Gasteiger partial charge in [0, 0.05) is 5.56 Å². The molecule has 20 heavy (non-hydrogen) atoms. The van der Waals surface area contributed by atoms with Crippen LogP contribution in [0.25, 0.3) is 0 Å². The van der Waals surface area contributed by atoms with Crippen molar-refractivity contribution >= 4 is 39.0 Å². The Morgan fingerprint density at radius 1 is 1.20 bits per heavy atom. The van der Waals surface area contributed by atoms with Crippen LogP contribution in [-0.4, -0.2) is 19.5 Å². The zero-order valence-electron chi connectivity index (χ0n) is 9.84. The Morgan fingerprint density at radius 3 is 2.50 bits per heavy atom. The third-order valence-electron chi connectivity index (χ3n) is 2.54. The largest absolute Gasteiger partial charge is 0.475 e. The Kier molecular flexibility index (Phi) is 4.08. The normalized spacial score (nSPS) is 11.5. The van der Waals surface area contributed by atoms with Gasteiger partial charge in [0.15, 0.2) is 9.84 Å². The summed E-state index contributed by atoms with van der Waals surface area (Å²) in [6.07, 6.45) is 1.13. The summed E-state index contributed by atoms with van der Waals surface area (Å²) in [6, 6.07) is 5.20. The van der Waals surface area contributed by atoms with Gasteiger partial charge in [0.1, 0.15) is 0 Å². The van der Waals surface area contributed by atoms with Crippen molar-refractivity contribution in [2.24, 2.45) is 0 Å². The minimum absolute atomic E-state index is 0.0376. The summed E-state index contributed by atoms with van der Waals surface area (Å²) in [5, 5.41) is 9.22. The molecular weight excluding hydrogens is 327 g/mol. The van der Waals surface area contributed by atoms with E-state index in [9.17, 15) is 13.2 Å². The minimum Gasteiger partial charge on any atom is -0.475 e. The molecule has 1 N–H and O–H groups in total. The summed E-state index contributed by atoms with van der Waals surface area (Å²) in [6.45, 7) is 0. The number of halogens is 2. The third kappa shape index (κ3) is 2.98. The Labute approximate surface area is 124 Å². The SMILES string of the molecule is O=C(O)c1occc1CS(=O)(=O)c1ccc(Cl)c(Cl)c1. The van der Waals surface area contributed by atoms with Gasteiger partial charge in [-0.1, -0.05) is 23.2 Å². The topological polar surface area (TPSA) is 84.6 Å². The van der Waals surface area contributed by atoms with Crippen LogP contribution in [0.4, 0.5) is 0 Å². The highest BCUT2D eigenvalue weighted by molar-refractivity contribution is 7.90. The van der Waals surface area contributed by atoms with E-state index in [1.54, 1.807) is 0 Å². The first-order valence-electron chi connectivity index (χ1n) is 5.29. The van der Waals surface area contributed by atoms with Crippen LogP contribution in [0.1, 0.15) is 16.1 Å². The quantitative estimate of drug-likeness (QED) is 0.927.